The number of non-ortho nitro benzene ring substituents is 1. The summed E-state index contributed by atoms with van der Waals surface area (Å²) in [5.74, 6) is -1.75. The van der Waals surface area contributed by atoms with E-state index in [1.54, 1.807) is 0 Å². The van der Waals surface area contributed by atoms with E-state index in [1.807, 2.05) is 31.2 Å². The van der Waals surface area contributed by atoms with E-state index in [-0.39, 0.29) is 12.1 Å². The first-order valence-electron chi connectivity index (χ1n) is 8.26. The monoisotopic (exact) mass is 382 g/mol. The SMILES string of the molecule is COC(=O)C(=[N+]=[N-])C(=O)CC(Nc1ccc([N+](=O)[O-])cc1)c1ccc(C)cc1. The van der Waals surface area contributed by atoms with Gasteiger partial charge in [-0.25, -0.2) is 4.79 Å². The van der Waals surface area contributed by atoms with Crippen molar-refractivity contribution in [3.63, 3.8) is 0 Å². The molecule has 0 saturated heterocycles. The molecule has 28 heavy (non-hydrogen) atoms. The number of ether oxygens (including phenoxy) is 1. The van der Waals surface area contributed by atoms with E-state index in [0.717, 1.165) is 18.2 Å². The summed E-state index contributed by atoms with van der Waals surface area (Å²) >= 11 is 0. The van der Waals surface area contributed by atoms with Crippen LogP contribution in [0.4, 0.5) is 11.4 Å². The number of hydrogen-bond donors (Lipinski definition) is 1. The van der Waals surface area contributed by atoms with Gasteiger partial charge in [0.2, 0.25) is 0 Å². The number of ketones is 1. The first-order chi connectivity index (χ1) is 13.3. The van der Waals surface area contributed by atoms with Crippen LogP contribution in [-0.4, -0.2) is 34.3 Å². The molecule has 2 aromatic carbocycles. The second-order valence-corrected chi connectivity index (χ2v) is 5.98. The number of benzene rings is 2. The van der Waals surface area contributed by atoms with Gasteiger partial charge in [0.25, 0.3) is 11.5 Å². The molecule has 0 heterocycles. The number of carbonyl (C=O) groups excluding carboxylic acids is 2. The Kier molecular flexibility index (Phi) is 6.73. The highest BCUT2D eigenvalue weighted by Gasteiger charge is 2.32. The summed E-state index contributed by atoms with van der Waals surface area (Å²) in [5.41, 5.74) is 10.5. The van der Waals surface area contributed by atoms with Gasteiger partial charge in [0.05, 0.1) is 18.1 Å². The van der Waals surface area contributed by atoms with Gasteiger partial charge in [0, 0.05) is 24.2 Å². The second kappa shape index (κ2) is 9.20. The van der Waals surface area contributed by atoms with E-state index >= 15 is 0 Å². The molecule has 0 spiro atoms. The molecule has 0 bridgehead atoms. The first-order valence-corrected chi connectivity index (χ1v) is 8.26. The number of aryl methyl sites for hydroxylation is 1. The van der Waals surface area contributed by atoms with Crippen LogP contribution in [0.25, 0.3) is 5.53 Å². The van der Waals surface area contributed by atoms with Crippen LogP contribution in [0.5, 0.6) is 0 Å². The lowest BCUT2D eigenvalue weighted by molar-refractivity contribution is -0.384. The summed E-state index contributed by atoms with van der Waals surface area (Å²) in [5, 5.41) is 13.9. The van der Waals surface area contributed by atoms with Gasteiger partial charge in [0.15, 0.2) is 0 Å². The molecule has 1 unspecified atom stereocenters. The largest absolute Gasteiger partial charge is 0.460 e. The summed E-state index contributed by atoms with van der Waals surface area (Å²) in [6.45, 7) is 1.92. The number of hydrogen-bond acceptors (Lipinski definition) is 6. The van der Waals surface area contributed by atoms with Gasteiger partial charge in [-0.05, 0) is 24.6 Å². The summed E-state index contributed by atoms with van der Waals surface area (Å²) in [4.78, 5) is 37.1. The molecule has 2 aromatic rings. The number of Topliss-reactive ketones (excluding diaryl/α,β-unsaturated/α-hetero) is 1. The third kappa shape index (κ3) is 5.09. The van der Waals surface area contributed by atoms with Crippen LogP contribution in [0.3, 0.4) is 0 Å². The maximum absolute atomic E-state index is 12.4. The van der Waals surface area contributed by atoms with E-state index in [1.165, 1.54) is 24.3 Å². The zero-order valence-electron chi connectivity index (χ0n) is 15.3. The minimum absolute atomic E-state index is 0.0612. The summed E-state index contributed by atoms with van der Waals surface area (Å²) in [6.07, 6.45) is -0.200. The maximum Gasteiger partial charge on any atom is 0.441 e. The van der Waals surface area contributed by atoms with Gasteiger partial charge in [-0.1, -0.05) is 29.8 Å². The van der Waals surface area contributed by atoms with Crippen molar-refractivity contribution in [3.8, 4) is 0 Å². The number of carbonyl (C=O) groups is 2. The highest BCUT2D eigenvalue weighted by molar-refractivity contribution is 6.62. The maximum atomic E-state index is 12.4. The van der Waals surface area contributed by atoms with Crippen LogP contribution < -0.4 is 5.32 Å². The number of anilines is 1. The van der Waals surface area contributed by atoms with Gasteiger partial charge in [-0.3, -0.25) is 14.9 Å². The van der Waals surface area contributed by atoms with Crippen molar-refractivity contribution in [2.45, 2.75) is 19.4 Å². The van der Waals surface area contributed by atoms with Gasteiger partial charge in [-0.2, -0.15) is 4.79 Å². The topological polar surface area (TPSA) is 135 Å². The molecule has 0 aromatic heterocycles. The van der Waals surface area contributed by atoms with Crippen molar-refractivity contribution in [1.29, 1.82) is 0 Å². The number of esters is 1. The molecule has 1 atom stereocenters. The van der Waals surface area contributed by atoms with E-state index in [4.69, 9.17) is 5.53 Å². The van der Waals surface area contributed by atoms with Crippen LogP contribution >= 0.6 is 0 Å². The van der Waals surface area contributed by atoms with Crippen molar-refractivity contribution in [1.82, 2.24) is 0 Å². The van der Waals surface area contributed by atoms with Crippen molar-refractivity contribution in [3.05, 3.63) is 75.3 Å². The molecule has 144 valence electrons. The molecule has 9 nitrogen and oxygen atoms in total. The molecule has 0 radical (unpaired) electrons. The smallest absolute Gasteiger partial charge is 0.441 e. The Morgan fingerprint density at radius 3 is 2.29 bits per heavy atom. The normalized spacial score (nSPS) is 11.1. The van der Waals surface area contributed by atoms with Crippen LogP contribution in [-0.2, 0) is 14.3 Å². The molecule has 2 rings (SSSR count). The zero-order valence-corrected chi connectivity index (χ0v) is 15.3. The van der Waals surface area contributed by atoms with Crippen molar-refractivity contribution in [2.24, 2.45) is 0 Å². The first kappa shape index (κ1) is 20.5. The number of nitrogens with one attached hydrogen (secondary N) is 1. The fraction of sp³-hybridized carbons (Fsp3) is 0.211. The van der Waals surface area contributed by atoms with E-state index in [9.17, 15) is 19.7 Å². The number of nitro benzene ring substituents is 1. The van der Waals surface area contributed by atoms with Gasteiger partial charge < -0.3 is 15.6 Å². The highest BCUT2D eigenvalue weighted by Crippen LogP contribution is 2.25. The van der Waals surface area contributed by atoms with E-state index in [2.05, 4.69) is 14.8 Å². The van der Waals surface area contributed by atoms with Crippen LogP contribution in [0.2, 0.25) is 0 Å². The Labute approximate surface area is 160 Å². The summed E-state index contributed by atoms with van der Waals surface area (Å²) < 4.78 is 4.45. The molecule has 0 amide bonds. The Morgan fingerprint density at radius 1 is 1.18 bits per heavy atom. The summed E-state index contributed by atoms with van der Waals surface area (Å²) in [7, 11) is 1.08. The third-order valence-electron chi connectivity index (χ3n) is 4.03. The predicted octanol–water partition coefficient (Wildman–Crippen LogP) is 2.86. The molecule has 1 N–H and O–H groups in total. The molecular formula is C19H18N4O5. The Morgan fingerprint density at radius 2 is 1.79 bits per heavy atom. The van der Waals surface area contributed by atoms with Gasteiger partial charge >= 0.3 is 11.7 Å². The standard InChI is InChI=1S/C19H18N4O5/c1-12-3-5-13(6-4-12)16(11-17(24)18(22-20)19(25)28-2)21-14-7-9-15(10-8-14)23(26)27/h3-10,16,21H,11H2,1-2H3. The lowest BCUT2D eigenvalue weighted by atomic mass is 9.98. The quantitative estimate of drug-likeness (QED) is 0.142. The number of rotatable bonds is 8. The molecule has 9 heteroatoms. The van der Waals surface area contributed by atoms with Crippen molar-refractivity contribution >= 4 is 28.8 Å². The van der Waals surface area contributed by atoms with E-state index in [0.29, 0.717) is 5.69 Å². The minimum Gasteiger partial charge on any atom is -0.460 e. The van der Waals surface area contributed by atoms with Crippen molar-refractivity contribution in [2.75, 3.05) is 12.4 Å². The van der Waals surface area contributed by atoms with Gasteiger partial charge in [-0.15, -0.1) is 0 Å². The van der Waals surface area contributed by atoms with Crippen LogP contribution in [0.15, 0.2) is 48.5 Å². The van der Waals surface area contributed by atoms with Crippen molar-refractivity contribution < 1.29 is 24.0 Å². The number of nitro groups is 1. The third-order valence-corrected chi connectivity index (χ3v) is 4.03. The number of nitrogens with zero attached hydrogens (tertiary/aromatic N) is 3. The fourth-order valence-corrected chi connectivity index (χ4v) is 2.52. The fourth-order valence-electron chi connectivity index (χ4n) is 2.52. The predicted molar refractivity (Wildman–Crippen MR) is 101 cm³/mol. The van der Waals surface area contributed by atoms with Crippen LogP contribution in [0, 0.1) is 17.0 Å². The molecular weight excluding hydrogens is 364 g/mol. The molecule has 0 saturated carbocycles. The summed E-state index contributed by atoms with van der Waals surface area (Å²) in [6, 6.07) is 12.5. The average Bonchev–Trinajstić information content (AvgIpc) is 2.68. The molecule has 0 aliphatic heterocycles. The Hall–Kier alpha value is -3.84. The Balaban J connectivity index is 2.30. The molecule has 0 fully saturated rings. The second-order valence-electron chi connectivity index (χ2n) is 5.98. The zero-order chi connectivity index (χ0) is 20.7. The Bertz CT molecular complexity index is 932. The molecule has 0 aliphatic rings. The lowest BCUT2D eigenvalue weighted by Crippen LogP contribution is -2.29. The molecule has 0 aliphatic carbocycles. The van der Waals surface area contributed by atoms with E-state index < -0.39 is 28.4 Å². The average molecular weight is 382 g/mol. The minimum atomic E-state index is -1.04. The number of methoxy groups -OCH3 is 1. The highest BCUT2D eigenvalue weighted by atomic mass is 16.6. The van der Waals surface area contributed by atoms with Crippen LogP contribution in [0.1, 0.15) is 23.6 Å². The van der Waals surface area contributed by atoms with Gasteiger partial charge in [0.1, 0.15) is 0 Å². The lowest BCUT2D eigenvalue weighted by Gasteiger charge is -2.19.